The van der Waals surface area contributed by atoms with Crippen LogP contribution in [0.5, 0.6) is 0 Å². The molecule has 0 spiro atoms. The van der Waals surface area contributed by atoms with Gasteiger partial charge in [-0.3, -0.25) is 0 Å². The molecule has 0 atom stereocenters. The van der Waals surface area contributed by atoms with Crippen molar-refractivity contribution in [3.8, 4) is 0 Å². The third-order valence-corrected chi connectivity index (χ3v) is 3.71. The van der Waals surface area contributed by atoms with Crippen molar-refractivity contribution in [2.45, 2.75) is 105 Å². The zero-order valence-corrected chi connectivity index (χ0v) is 21.2. The van der Waals surface area contributed by atoms with E-state index < -0.39 is 0 Å². The third-order valence-electron chi connectivity index (χ3n) is 3.71. The van der Waals surface area contributed by atoms with Crippen molar-refractivity contribution < 1.29 is 40.3 Å². The number of rotatable bonds is 9. The van der Waals surface area contributed by atoms with Gasteiger partial charge in [-0.25, -0.2) is 6.17 Å². The Morgan fingerprint density at radius 1 is 0.917 bits per heavy atom. The second-order valence-electron chi connectivity index (χ2n) is 6.76. The number of nitrogens with zero attached hydrogens (tertiary/aromatic N) is 2. The summed E-state index contributed by atoms with van der Waals surface area (Å²) in [6.07, 6.45) is 10.2. The second kappa shape index (κ2) is 22.1. The van der Waals surface area contributed by atoms with E-state index in [0.717, 1.165) is 12.5 Å². The molecule has 1 aliphatic carbocycles. The molecule has 1 aliphatic rings. The minimum absolute atomic E-state index is 0. The van der Waals surface area contributed by atoms with Gasteiger partial charge in [-0.05, 0) is 12.3 Å². The predicted octanol–water partition coefficient (Wildman–Crippen LogP) is 6.73. The van der Waals surface area contributed by atoms with E-state index in [0.29, 0.717) is 12.1 Å². The predicted molar refractivity (Wildman–Crippen MR) is 105 cm³/mol. The van der Waals surface area contributed by atoms with Crippen LogP contribution in [-0.4, -0.2) is 32.0 Å². The van der Waals surface area contributed by atoms with Gasteiger partial charge in [0, 0.05) is 13.7 Å². The normalized spacial score (nSPS) is 14.1. The van der Waals surface area contributed by atoms with Gasteiger partial charge in [0.25, 0.3) is 0 Å². The Kier molecular flexibility index (Phi) is 27.5. The van der Waals surface area contributed by atoms with Gasteiger partial charge in [-0.2, -0.15) is 6.92 Å². The molecule has 0 N–H and O–H groups in total. The molecular weight excluding hydrogens is 423 g/mol. The molecule has 0 bridgehead atoms. The van der Waals surface area contributed by atoms with Crippen LogP contribution in [-0.2, 0) is 4.74 Å². The molecule has 0 saturated heterocycles. The molecule has 142 valence electrons. The molecule has 1 saturated carbocycles. The van der Waals surface area contributed by atoms with Crippen LogP contribution in [0.15, 0.2) is 0 Å². The molecule has 1 fully saturated rings. The average Bonchev–Trinajstić information content (AvgIpc) is 2.98. The summed E-state index contributed by atoms with van der Waals surface area (Å²) in [5.41, 5.74) is 0. The Bertz CT molecular complexity index is 210. The van der Waals surface area contributed by atoms with Crippen LogP contribution in [0.2, 0.25) is 0 Å². The van der Waals surface area contributed by atoms with Gasteiger partial charge in [0.15, 0.2) is 0 Å². The Balaban J connectivity index is -0.000000322. The molecule has 24 heavy (non-hydrogen) atoms. The van der Waals surface area contributed by atoms with Crippen molar-refractivity contribution >= 4 is 0 Å². The van der Waals surface area contributed by atoms with Gasteiger partial charge in [0.2, 0.25) is 0 Å². The van der Waals surface area contributed by atoms with Crippen LogP contribution in [0.1, 0.15) is 86.5 Å². The first-order valence-corrected chi connectivity index (χ1v) is 9.55. The van der Waals surface area contributed by atoms with Crippen molar-refractivity contribution in [2.75, 3.05) is 13.7 Å². The van der Waals surface area contributed by atoms with E-state index in [2.05, 4.69) is 45.3 Å². The third kappa shape index (κ3) is 23.1. The van der Waals surface area contributed by atoms with Crippen molar-refractivity contribution in [3.05, 3.63) is 17.6 Å². The number of ether oxygens (including phenoxy) is 1. The maximum atomic E-state index is 5.01. The summed E-state index contributed by atoms with van der Waals surface area (Å²) in [5.74, 6) is 1.06. The minimum Gasteiger partial charge on any atom is -0.676 e. The molecule has 0 unspecified atom stereocenters. The van der Waals surface area contributed by atoms with Crippen molar-refractivity contribution in [1.82, 2.24) is 0 Å². The van der Waals surface area contributed by atoms with Crippen LogP contribution in [0.25, 0.3) is 10.6 Å². The van der Waals surface area contributed by atoms with Gasteiger partial charge in [0.1, 0.15) is 0 Å². The van der Waals surface area contributed by atoms with Gasteiger partial charge in [-0.15, -0.1) is 19.0 Å². The first-order valence-electron chi connectivity index (χ1n) is 9.55. The molecule has 0 heterocycles. The Labute approximate surface area is 181 Å². The van der Waals surface area contributed by atoms with Gasteiger partial charge in [-0.1, -0.05) is 66.2 Å². The number of hydrogen-bond donors (Lipinski definition) is 0. The Hall–Kier alpha value is 1.07. The molecule has 0 aliphatic heterocycles. The second-order valence-corrected chi connectivity index (χ2v) is 6.76. The van der Waals surface area contributed by atoms with E-state index in [9.17, 15) is 0 Å². The summed E-state index contributed by atoms with van der Waals surface area (Å²) < 4.78 is 5.01. The molecule has 1 rings (SSSR count). The van der Waals surface area contributed by atoms with E-state index >= 15 is 0 Å². The summed E-state index contributed by atoms with van der Waals surface area (Å²) in [7, 11) is 1.79. The molecule has 0 aromatic heterocycles. The summed E-state index contributed by atoms with van der Waals surface area (Å²) in [5, 5.41) is 8.70. The molecule has 0 aromatic carbocycles. The summed E-state index contributed by atoms with van der Waals surface area (Å²) in [4.78, 5) is 0. The zero-order valence-electron chi connectivity index (χ0n) is 17.6. The first-order chi connectivity index (χ1) is 11.0. The standard InChI is InChI=1S/C10H20O.C8H18N2.C2H5.La/c1-11-9-5-4-8-10-6-2-3-7-10;1-6(2)9-8(5)10-7(3)4;1-2;/h10H,2-9H2,1H3;6-8H,1-5H3;1H2,2H3;/q;-2;-1;+3. The van der Waals surface area contributed by atoms with E-state index in [1.54, 1.807) is 14.0 Å². The van der Waals surface area contributed by atoms with Crippen molar-refractivity contribution in [1.29, 1.82) is 0 Å². The van der Waals surface area contributed by atoms with Crippen molar-refractivity contribution in [2.24, 2.45) is 5.92 Å². The maximum Gasteiger partial charge on any atom is 3.00 e. The van der Waals surface area contributed by atoms with E-state index in [4.69, 9.17) is 4.74 Å². The van der Waals surface area contributed by atoms with Crippen molar-refractivity contribution in [3.63, 3.8) is 0 Å². The summed E-state index contributed by atoms with van der Waals surface area (Å²) in [6.45, 7) is 16.3. The molecule has 0 amide bonds. The van der Waals surface area contributed by atoms with E-state index in [1.807, 2.05) is 6.92 Å². The SMILES string of the molecule is CC(C)[N-]C(C)[N-]C(C)C.COCCCCC1CCCC1.[CH2-]C.[La+3]. The fourth-order valence-corrected chi connectivity index (χ4v) is 2.88. The zero-order chi connectivity index (χ0) is 18.1. The molecule has 4 heteroatoms. The van der Waals surface area contributed by atoms with Crippen LogP contribution in [0.4, 0.5) is 0 Å². The maximum absolute atomic E-state index is 5.01. The molecule has 0 radical (unpaired) electrons. The minimum atomic E-state index is 0. The Morgan fingerprint density at radius 2 is 1.38 bits per heavy atom. The number of hydrogen-bond acceptors (Lipinski definition) is 1. The molecule has 0 aromatic rings. The first kappa shape index (κ1) is 29.8. The van der Waals surface area contributed by atoms with Crippen LogP contribution < -0.4 is 0 Å². The quantitative estimate of drug-likeness (QED) is 0.274. The van der Waals surface area contributed by atoms with Crippen LogP contribution >= 0.6 is 0 Å². The fraction of sp³-hybridized carbons (Fsp3) is 0.950. The van der Waals surface area contributed by atoms with Crippen LogP contribution in [0.3, 0.4) is 0 Å². The fourth-order valence-electron chi connectivity index (χ4n) is 2.88. The summed E-state index contributed by atoms with van der Waals surface area (Å²) in [6, 6.07) is 0.801. The topological polar surface area (TPSA) is 37.4 Å². The smallest absolute Gasteiger partial charge is 0.676 e. The van der Waals surface area contributed by atoms with Crippen LogP contribution in [0, 0.1) is 48.4 Å². The molecule has 3 nitrogen and oxygen atoms in total. The van der Waals surface area contributed by atoms with E-state index in [-0.39, 0.29) is 41.8 Å². The number of methoxy groups -OCH3 is 1. The Morgan fingerprint density at radius 3 is 1.75 bits per heavy atom. The monoisotopic (exact) mass is 466 g/mol. The van der Waals surface area contributed by atoms with Gasteiger partial charge < -0.3 is 22.3 Å². The van der Waals surface area contributed by atoms with Gasteiger partial charge in [0.05, 0.1) is 0 Å². The van der Waals surface area contributed by atoms with Gasteiger partial charge >= 0.3 is 35.6 Å². The largest absolute Gasteiger partial charge is 3.00 e. The summed E-state index contributed by atoms with van der Waals surface area (Å²) >= 11 is 0. The van der Waals surface area contributed by atoms with E-state index in [1.165, 1.54) is 44.9 Å². The number of unbranched alkanes of at least 4 members (excludes halogenated alkanes) is 1. The molecular formula is C20H43LaN2O. The average molecular weight is 466 g/mol.